The Morgan fingerprint density at radius 1 is 1.29 bits per heavy atom. The number of primary amides is 1. The number of amides is 1. The number of hydrogen-bond acceptors (Lipinski definition) is 4. The Bertz CT molecular complexity index is 486. The Kier molecular flexibility index (Phi) is 4.19. The summed E-state index contributed by atoms with van der Waals surface area (Å²) in [6.45, 7) is 1.88. The van der Waals surface area contributed by atoms with E-state index in [4.69, 9.17) is 5.73 Å². The van der Waals surface area contributed by atoms with Gasteiger partial charge in [-0.2, -0.15) is 0 Å². The number of hydrogen-bond donors (Lipinski definition) is 1. The summed E-state index contributed by atoms with van der Waals surface area (Å²) in [5.74, 6) is 0.406. The third-order valence-corrected chi connectivity index (χ3v) is 5.10. The average Bonchev–Trinajstić information content (AvgIpc) is 2.94. The van der Waals surface area contributed by atoms with Gasteiger partial charge < -0.3 is 5.73 Å². The van der Waals surface area contributed by atoms with Gasteiger partial charge in [-0.1, -0.05) is 19.3 Å². The second kappa shape index (κ2) is 6.10. The molecule has 1 aliphatic carbocycles. The van der Waals surface area contributed by atoms with Crippen molar-refractivity contribution in [3.8, 4) is 0 Å². The van der Waals surface area contributed by atoms with E-state index in [2.05, 4.69) is 14.9 Å². The van der Waals surface area contributed by atoms with Crippen LogP contribution in [0.5, 0.6) is 0 Å². The Morgan fingerprint density at radius 2 is 2.10 bits per heavy atom. The van der Waals surface area contributed by atoms with E-state index in [-0.39, 0.29) is 5.91 Å². The minimum absolute atomic E-state index is 0.281. The SMILES string of the molecule is NC(=O)C1(c2cnccn2)CCCN1CC1CCCCC1. The highest BCUT2D eigenvalue weighted by Gasteiger charge is 2.49. The molecule has 5 nitrogen and oxygen atoms in total. The van der Waals surface area contributed by atoms with Crippen molar-refractivity contribution >= 4 is 5.91 Å². The molecule has 1 unspecified atom stereocenters. The van der Waals surface area contributed by atoms with Crippen LogP contribution in [0.3, 0.4) is 0 Å². The number of rotatable bonds is 4. The lowest BCUT2D eigenvalue weighted by Gasteiger charge is -2.38. The predicted octanol–water partition coefficient (Wildman–Crippen LogP) is 1.83. The van der Waals surface area contributed by atoms with Crippen LogP contribution in [-0.2, 0) is 10.3 Å². The second-order valence-corrected chi connectivity index (χ2v) is 6.37. The summed E-state index contributed by atoms with van der Waals surface area (Å²) in [6, 6.07) is 0. The van der Waals surface area contributed by atoms with Gasteiger partial charge in [-0.15, -0.1) is 0 Å². The van der Waals surface area contributed by atoms with Gasteiger partial charge in [0.2, 0.25) is 5.91 Å². The lowest BCUT2D eigenvalue weighted by Crippen LogP contribution is -2.53. The number of carbonyl (C=O) groups excluding carboxylic acids is 1. The number of carbonyl (C=O) groups is 1. The molecule has 2 heterocycles. The Balaban J connectivity index is 1.86. The van der Waals surface area contributed by atoms with E-state index in [9.17, 15) is 4.79 Å². The molecule has 1 aromatic rings. The van der Waals surface area contributed by atoms with Gasteiger partial charge in [-0.25, -0.2) is 0 Å². The molecule has 3 rings (SSSR count). The lowest BCUT2D eigenvalue weighted by atomic mass is 9.86. The molecular weight excluding hydrogens is 264 g/mol. The van der Waals surface area contributed by atoms with Gasteiger partial charge in [-0.3, -0.25) is 19.7 Å². The maximum atomic E-state index is 12.3. The van der Waals surface area contributed by atoms with Crippen LogP contribution in [0.2, 0.25) is 0 Å². The standard InChI is InChI=1S/C16H24N4O/c17-15(21)16(14-11-18-8-9-19-14)7-4-10-20(16)12-13-5-2-1-3-6-13/h8-9,11,13H,1-7,10,12H2,(H2,17,21). The largest absolute Gasteiger partial charge is 0.368 e. The van der Waals surface area contributed by atoms with E-state index < -0.39 is 5.54 Å². The molecular formula is C16H24N4O. The highest BCUT2D eigenvalue weighted by Crippen LogP contribution is 2.39. The molecule has 1 aromatic heterocycles. The molecule has 5 heteroatoms. The summed E-state index contributed by atoms with van der Waals surface area (Å²) in [6.07, 6.45) is 13.2. The topological polar surface area (TPSA) is 72.1 Å². The molecule has 2 N–H and O–H groups in total. The molecule has 2 fully saturated rings. The van der Waals surface area contributed by atoms with E-state index in [1.54, 1.807) is 18.6 Å². The van der Waals surface area contributed by atoms with Gasteiger partial charge in [0, 0.05) is 18.9 Å². The Morgan fingerprint density at radius 3 is 2.76 bits per heavy atom. The summed E-state index contributed by atoms with van der Waals surface area (Å²) < 4.78 is 0. The van der Waals surface area contributed by atoms with Crippen LogP contribution >= 0.6 is 0 Å². The molecule has 114 valence electrons. The minimum atomic E-state index is -0.744. The fraction of sp³-hybridized carbons (Fsp3) is 0.688. The lowest BCUT2D eigenvalue weighted by molar-refractivity contribution is -0.130. The minimum Gasteiger partial charge on any atom is -0.368 e. The summed E-state index contributed by atoms with van der Waals surface area (Å²) >= 11 is 0. The Labute approximate surface area is 125 Å². The monoisotopic (exact) mass is 288 g/mol. The summed E-state index contributed by atoms with van der Waals surface area (Å²) in [7, 11) is 0. The van der Waals surface area contributed by atoms with Crippen molar-refractivity contribution in [2.75, 3.05) is 13.1 Å². The summed E-state index contributed by atoms with van der Waals surface area (Å²) in [5.41, 5.74) is 5.78. The van der Waals surface area contributed by atoms with E-state index in [1.807, 2.05) is 0 Å². The van der Waals surface area contributed by atoms with Crippen LogP contribution in [0, 0.1) is 5.92 Å². The van der Waals surface area contributed by atoms with Crippen LogP contribution in [0.15, 0.2) is 18.6 Å². The molecule has 0 radical (unpaired) electrons. The molecule has 0 spiro atoms. The van der Waals surface area contributed by atoms with Crippen LogP contribution < -0.4 is 5.73 Å². The van der Waals surface area contributed by atoms with Crippen molar-refractivity contribution < 1.29 is 4.79 Å². The molecule has 1 aliphatic heterocycles. The Hall–Kier alpha value is -1.49. The predicted molar refractivity (Wildman–Crippen MR) is 80.3 cm³/mol. The molecule has 1 saturated heterocycles. The molecule has 1 saturated carbocycles. The molecule has 1 atom stereocenters. The van der Waals surface area contributed by atoms with Crippen LogP contribution in [0.4, 0.5) is 0 Å². The quantitative estimate of drug-likeness (QED) is 0.917. The zero-order chi connectivity index (χ0) is 14.7. The molecule has 0 bridgehead atoms. The maximum absolute atomic E-state index is 12.3. The van der Waals surface area contributed by atoms with Gasteiger partial charge in [0.25, 0.3) is 0 Å². The second-order valence-electron chi connectivity index (χ2n) is 6.37. The van der Waals surface area contributed by atoms with Gasteiger partial charge >= 0.3 is 0 Å². The van der Waals surface area contributed by atoms with Gasteiger partial charge in [0.15, 0.2) is 0 Å². The molecule has 0 aromatic carbocycles. The molecule has 21 heavy (non-hydrogen) atoms. The van der Waals surface area contributed by atoms with Crippen molar-refractivity contribution in [3.63, 3.8) is 0 Å². The molecule has 2 aliphatic rings. The van der Waals surface area contributed by atoms with Crippen molar-refractivity contribution in [1.29, 1.82) is 0 Å². The highest BCUT2D eigenvalue weighted by molar-refractivity contribution is 5.86. The van der Waals surface area contributed by atoms with E-state index >= 15 is 0 Å². The number of aromatic nitrogens is 2. The van der Waals surface area contributed by atoms with Crippen molar-refractivity contribution in [2.24, 2.45) is 11.7 Å². The normalized spacial score (nSPS) is 27.8. The van der Waals surface area contributed by atoms with Crippen molar-refractivity contribution in [3.05, 3.63) is 24.3 Å². The zero-order valence-corrected chi connectivity index (χ0v) is 12.5. The van der Waals surface area contributed by atoms with E-state index in [1.165, 1.54) is 32.1 Å². The fourth-order valence-corrected chi connectivity index (χ4v) is 4.01. The number of likely N-dealkylation sites (tertiary alicyclic amines) is 1. The first-order valence-electron chi connectivity index (χ1n) is 8.05. The number of nitrogens with two attached hydrogens (primary N) is 1. The van der Waals surface area contributed by atoms with Crippen molar-refractivity contribution in [1.82, 2.24) is 14.9 Å². The van der Waals surface area contributed by atoms with Crippen LogP contribution in [-0.4, -0.2) is 33.9 Å². The fourth-order valence-electron chi connectivity index (χ4n) is 4.01. The first kappa shape index (κ1) is 14.4. The average molecular weight is 288 g/mol. The zero-order valence-electron chi connectivity index (χ0n) is 12.5. The van der Waals surface area contributed by atoms with Crippen molar-refractivity contribution in [2.45, 2.75) is 50.5 Å². The van der Waals surface area contributed by atoms with Gasteiger partial charge in [0.05, 0.1) is 11.9 Å². The maximum Gasteiger partial charge on any atom is 0.244 e. The first-order chi connectivity index (χ1) is 10.2. The summed E-state index contributed by atoms with van der Waals surface area (Å²) in [4.78, 5) is 23.1. The van der Waals surface area contributed by atoms with E-state index in [0.29, 0.717) is 11.6 Å². The van der Waals surface area contributed by atoms with Crippen LogP contribution in [0.25, 0.3) is 0 Å². The smallest absolute Gasteiger partial charge is 0.244 e. The summed E-state index contributed by atoms with van der Waals surface area (Å²) in [5, 5.41) is 0. The van der Waals surface area contributed by atoms with Gasteiger partial charge in [-0.05, 0) is 38.1 Å². The third kappa shape index (κ3) is 2.67. The first-order valence-corrected chi connectivity index (χ1v) is 8.05. The highest BCUT2D eigenvalue weighted by atomic mass is 16.1. The van der Waals surface area contributed by atoms with Crippen LogP contribution in [0.1, 0.15) is 50.6 Å². The number of nitrogens with zero attached hydrogens (tertiary/aromatic N) is 3. The third-order valence-electron chi connectivity index (χ3n) is 5.10. The molecule has 1 amide bonds. The van der Waals surface area contributed by atoms with Gasteiger partial charge in [0.1, 0.15) is 5.54 Å². The van der Waals surface area contributed by atoms with E-state index in [0.717, 1.165) is 25.9 Å².